The Labute approximate surface area is 161 Å². The smallest absolute Gasteiger partial charge is 0.407 e. The first-order valence-electron chi connectivity index (χ1n) is 9.30. The van der Waals surface area contributed by atoms with E-state index in [0.717, 1.165) is 0 Å². The van der Waals surface area contributed by atoms with Gasteiger partial charge in [0.1, 0.15) is 5.60 Å². The molecule has 0 unspecified atom stereocenters. The molecule has 0 aliphatic carbocycles. The molecule has 0 saturated heterocycles. The number of alkyl carbamates (subject to hydrolysis) is 1. The van der Waals surface area contributed by atoms with Gasteiger partial charge in [0.2, 0.25) is 11.8 Å². The summed E-state index contributed by atoms with van der Waals surface area (Å²) in [6.45, 7) is 8.79. The van der Waals surface area contributed by atoms with Gasteiger partial charge in [-0.05, 0) is 20.8 Å². The SMILES string of the molecule is CC(C)(C)OC(=O)NCCN(CCC(=O)NCCN)CCC(=O)NCCN. The zero-order valence-electron chi connectivity index (χ0n) is 16.8. The van der Waals surface area contributed by atoms with Gasteiger partial charge in [0.05, 0.1) is 0 Å². The summed E-state index contributed by atoms with van der Waals surface area (Å²) in [5, 5.41) is 8.09. The van der Waals surface area contributed by atoms with Crippen molar-refractivity contribution in [1.29, 1.82) is 0 Å². The average molecular weight is 389 g/mol. The van der Waals surface area contributed by atoms with Crippen LogP contribution in [0.2, 0.25) is 0 Å². The van der Waals surface area contributed by atoms with Crippen molar-refractivity contribution >= 4 is 17.9 Å². The van der Waals surface area contributed by atoms with Crippen molar-refractivity contribution < 1.29 is 19.1 Å². The van der Waals surface area contributed by atoms with Crippen LogP contribution in [0.3, 0.4) is 0 Å². The summed E-state index contributed by atoms with van der Waals surface area (Å²) in [6, 6.07) is 0. The molecule has 0 saturated carbocycles. The number of nitrogens with two attached hydrogens (primary N) is 2. The molecule has 27 heavy (non-hydrogen) atoms. The van der Waals surface area contributed by atoms with Crippen molar-refractivity contribution in [2.75, 3.05) is 52.4 Å². The number of amides is 3. The van der Waals surface area contributed by atoms with Crippen LogP contribution in [0.4, 0.5) is 4.79 Å². The minimum absolute atomic E-state index is 0.0989. The Morgan fingerprint density at radius 3 is 1.70 bits per heavy atom. The summed E-state index contributed by atoms with van der Waals surface area (Å²) >= 11 is 0. The molecular weight excluding hydrogens is 352 g/mol. The molecule has 0 atom stereocenters. The maximum Gasteiger partial charge on any atom is 0.407 e. The molecule has 0 aliphatic heterocycles. The van der Waals surface area contributed by atoms with E-state index in [1.165, 1.54) is 0 Å². The van der Waals surface area contributed by atoms with E-state index < -0.39 is 11.7 Å². The third-order valence-electron chi connectivity index (χ3n) is 3.34. The van der Waals surface area contributed by atoms with Gasteiger partial charge >= 0.3 is 6.09 Å². The first-order chi connectivity index (χ1) is 12.7. The van der Waals surface area contributed by atoms with Crippen LogP contribution in [0.1, 0.15) is 33.6 Å². The van der Waals surface area contributed by atoms with E-state index >= 15 is 0 Å². The molecule has 0 rings (SSSR count). The first-order valence-corrected chi connectivity index (χ1v) is 9.30. The second-order valence-corrected chi connectivity index (χ2v) is 7.05. The van der Waals surface area contributed by atoms with E-state index in [1.807, 2.05) is 4.90 Å². The fraction of sp³-hybridized carbons (Fsp3) is 0.824. The van der Waals surface area contributed by atoms with Crippen LogP contribution < -0.4 is 27.4 Å². The summed E-state index contributed by atoms with van der Waals surface area (Å²) in [5.74, 6) is -0.198. The number of nitrogens with one attached hydrogen (secondary N) is 3. The minimum Gasteiger partial charge on any atom is -0.444 e. The van der Waals surface area contributed by atoms with Crippen molar-refractivity contribution in [2.24, 2.45) is 11.5 Å². The van der Waals surface area contributed by atoms with Crippen LogP contribution in [0.25, 0.3) is 0 Å². The second kappa shape index (κ2) is 14.2. The molecule has 0 aromatic carbocycles. The Hall–Kier alpha value is -1.91. The number of hydrogen-bond acceptors (Lipinski definition) is 7. The number of ether oxygens (including phenoxy) is 1. The van der Waals surface area contributed by atoms with Gasteiger partial charge in [-0.3, -0.25) is 9.59 Å². The highest BCUT2D eigenvalue weighted by molar-refractivity contribution is 5.76. The van der Waals surface area contributed by atoms with E-state index in [1.54, 1.807) is 20.8 Å². The lowest BCUT2D eigenvalue weighted by atomic mass is 10.2. The maximum atomic E-state index is 11.7. The van der Waals surface area contributed by atoms with Crippen molar-refractivity contribution in [3.63, 3.8) is 0 Å². The second-order valence-electron chi connectivity index (χ2n) is 7.05. The molecule has 0 aliphatic rings. The van der Waals surface area contributed by atoms with Crippen LogP contribution in [0.5, 0.6) is 0 Å². The highest BCUT2D eigenvalue weighted by atomic mass is 16.6. The molecule has 3 amide bonds. The lowest BCUT2D eigenvalue weighted by Gasteiger charge is -2.23. The van der Waals surface area contributed by atoms with E-state index in [2.05, 4.69) is 16.0 Å². The molecule has 0 aromatic rings. The normalized spacial score (nSPS) is 11.2. The standard InChI is InChI=1S/C17H36N6O4/c1-17(2,3)27-16(26)22-10-13-23(11-4-14(24)20-8-6-18)12-5-15(25)21-9-7-19/h4-13,18-19H2,1-3H3,(H,20,24)(H,21,25)(H,22,26). The van der Waals surface area contributed by atoms with Crippen LogP contribution >= 0.6 is 0 Å². The summed E-state index contributed by atoms with van der Waals surface area (Å²) in [5.41, 5.74) is 10.2. The summed E-state index contributed by atoms with van der Waals surface area (Å²) in [7, 11) is 0. The molecule has 0 bridgehead atoms. The highest BCUT2D eigenvalue weighted by Crippen LogP contribution is 2.06. The Balaban J connectivity index is 4.38. The van der Waals surface area contributed by atoms with Gasteiger partial charge in [0.25, 0.3) is 0 Å². The monoisotopic (exact) mass is 388 g/mol. The molecular formula is C17H36N6O4. The van der Waals surface area contributed by atoms with E-state index in [4.69, 9.17) is 16.2 Å². The van der Waals surface area contributed by atoms with Crippen LogP contribution in [0.15, 0.2) is 0 Å². The lowest BCUT2D eigenvalue weighted by molar-refractivity contribution is -0.121. The fourth-order valence-corrected chi connectivity index (χ4v) is 2.08. The van der Waals surface area contributed by atoms with Crippen molar-refractivity contribution in [3.05, 3.63) is 0 Å². The van der Waals surface area contributed by atoms with Gasteiger partial charge in [0.15, 0.2) is 0 Å². The van der Waals surface area contributed by atoms with Gasteiger partial charge in [-0.1, -0.05) is 0 Å². The van der Waals surface area contributed by atoms with Gasteiger partial charge in [-0.2, -0.15) is 0 Å². The van der Waals surface area contributed by atoms with Crippen LogP contribution in [-0.2, 0) is 14.3 Å². The molecule has 0 spiro atoms. The van der Waals surface area contributed by atoms with Gasteiger partial charge in [0, 0.05) is 65.2 Å². The summed E-state index contributed by atoms with van der Waals surface area (Å²) < 4.78 is 5.18. The molecule has 7 N–H and O–H groups in total. The Morgan fingerprint density at radius 1 is 0.815 bits per heavy atom. The van der Waals surface area contributed by atoms with Crippen molar-refractivity contribution in [2.45, 2.75) is 39.2 Å². The van der Waals surface area contributed by atoms with E-state index in [-0.39, 0.29) is 24.7 Å². The average Bonchev–Trinajstić information content (AvgIpc) is 2.58. The number of hydrogen-bond donors (Lipinski definition) is 5. The molecule has 0 radical (unpaired) electrons. The molecule has 158 valence electrons. The largest absolute Gasteiger partial charge is 0.444 e. The number of rotatable bonds is 13. The quantitative estimate of drug-likeness (QED) is 0.264. The number of nitrogens with zero attached hydrogens (tertiary/aromatic N) is 1. The van der Waals surface area contributed by atoms with Crippen LogP contribution in [-0.4, -0.2) is 80.8 Å². The van der Waals surface area contributed by atoms with Gasteiger partial charge in [-0.15, -0.1) is 0 Å². The molecule has 0 fully saturated rings. The Kier molecular flexibility index (Phi) is 13.2. The predicted octanol–water partition coefficient (Wildman–Crippen LogP) is -1.26. The maximum absolute atomic E-state index is 11.7. The van der Waals surface area contributed by atoms with E-state index in [0.29, 0.717) is 52.4 Å². The molecule has 10 heteroatoms. The summed E-state index contributed by atoms with van der Waals surface area (Å²) in [4.78, 5) is 37.1. The van der Waals surface area contributed by atoms with Gasteiger partial charge in [-0.25, -0.2) is 4.79 Å². The zero-order chi connectivity index (χ0) is 20.7. The van der Waals surface area contributed by atoms with E-state index in [9.17, 15) is 14.4 Å². The van der Waals surface area contributed by atoms with Crippen LogP contribution in [0, 0.1) is 0 Å². The summed E-state index contributed by atoms with van der Waals surface area (Å²) in [6.07, 6.45) is 0.0806. The van der Waals surface area contributed by atoms with Crippen molar-refractivity contribution in [1.82, 2.24) is 20.9 Å². The Bertz CT molecular complexity index is 429. The fourth-order valence-electron chi connectivity index (χ4n) is 2.08. The Morgan fingerprint density at radius 2 is 1.30 bits per heavy atom. The first kappa shape index (κ1) is 25.1. The zero-order valence-corrected chi connectivity index (χ0v) is 16.8. The number of carbonyl (C=O) groups is 3. The highest BCUT2D eigenvalue weighted by Gasteiger charge is 2.16. The predicted molar refractivity (Wildman–Crippen MR) is 104 cm³/mol. The lowest BCUT2D eigenvalue weighted by Crippen LogP contribution is -2.41. The topological polar surface area (TPSA) is 152 Å². The number of carbonyl (C=O) groups excluding carboxylic acids is 3. The third kappa shape index (κ3) is 16.0. The molecule has 0 aromatic heterocycles. The van der Waals surface area contributed by atoms with Gasteiger partial charge < -0.3 is 37.1 Å². The van der Waals surface area contributed by atoms with Crippen molar-refractivity contribution in [3.8, 4) is 0 Å². The third-order valence-corrected chi connectivity index (χ3v) is 3.34. The molecule has 0 heterocycles. The molecule has 10 nitrogen and oxygen atoms in total. The minimum atomic E-state index is -0.564.